The van der Waals surface area contributed by atoms with Gasteiger partial charge in [-0.15, -0.1) is 13.2 Å². The van der Waals surface area contributed by atoms with Gasteiger partial charge in [-0.2, -0.15) is 0 Å². The van der Waals surface area contributed by atoms with Crippen LogP contribution in [0, 0.1) is 0 Å². The lowest BCUT2D eigenvalue weighted by Gasteiger charge is -2.12. The summed E-state index contributed by atoms with van der Waals surface area (Å²) >= 11 is 3.02. The molecule has 0 radical (unpaired) electrons. The summed E-state index contributed by atoms with van der Waals surface area (Å²) in [5.74, 6) is -0.203. The number of hydrogen-bond acceptors (Lipinski definition) is 4. The van der Waals surface area contributed by atoms with Crippen LogP contribution in [0.1, 0.15) is 12.0 Å². The van der Waals surface area contributed by atoms with Crippen LogP contribution >= 0.6 is 15.9 Å². The zero-order chi connectivity index (χ0) is 16.1. The van der Waals surface area contributed by atoms with E-state index in [9.17, 15) is 21.6 Å². The minimum absolute atomic E-state index is 0.0993. The Morgan fingerprint density at radius 2 is 2.00 bits per heavy atom. The highest BCUT2D eigenvalue weighted by Crippen LogP contribution is 2.30. The predicted octanol–water partition coefficient (Wildman–Crippen LogP) is 2.87. The van der Waals surface area contributed by atoms with E-state index in [2.05, 4.69) is 26.0 Å². The van der Waals surface area contributed by atoms with Gasteiger partial charge in [0.05, 0.1) is 10.2 Å². The molecule has 4 nitrogen and oxygen atoms in total. The van der Waals surface area contributed by atoms with Crippen molar-refractivity contribution in [1.82, 2.24) is 5.32 Å². The third-order valence-corrected chi connectivity index (χ3v) is 4.07. The van der Waals surface area contributed by atoms with E-state index >= 15 is 0 Å². The van der Waals surface area contributed by atoms with Crippen molar-refractivity contribution in [2.24, 2.45) is 0 Å². The van der Waals surface area contributed by atoms with Gasteiger partial charge in [0.25, 0.3) is 0 Å². The Bertz CT molecular complexity index is 576. The first-order chi connectivity index (χ1) is 9.57. The van der Waals surface area contributed by atoms with Crippen LogP contribution in [-0.2, 0) is 16.4 Å². The summed E-state index contributed by atoms with van der Waals surface area (Å²) < 4.78 is 62.2. The molecular weight excluding hydrogens is 375 g/mol. The normalized spacial score (nSPS) is 12.4. The first-order valence-electron chi connectivity index (χ1n) is 5.99. The molecule has 0 unspecified atom stereocenters. The molecule has 0 aromatic heterocycles. The topological polar surface area (TPSA) is 55.4 Å². The number of nitrogens with one attached hydrogen (secondary N) is 1. The van der Waals surface area contributed by atoms with E-state index in [1.807, 2.05) is 0 Å². The molecule has 0 amide bonds. The molecule has 120 valence electrons. The molecule has 0 heterocycles. The number of ether oxygens (including phenoxy) is 1. The molecule has 0 aliphatic rings. The highest BCUT2D eigenvalue weighted by Gasteiger charge is 2.31. The van der Waals surface area contributed by atoms with Crippen LogP contribution in [-0.4, -0.2) is 33.3 Å². The predicted molar refractivity (Wildman–Crippen MR) is 76.9 cm³/mol. The van der Waals surface area contributed by atoms with E-state index in [1.54, 1.807) is 0 Å². The second-order valence-electron chi connectivity index (χ2n) is 4.47. The van der Waals surface area contributed by atoms with Crippen molar-refractivity contribution in [2.75, 3.05) is 18.6 Å². The Morgan fingerprint density at radius 1 is 1.33 bits per heavy atom. The van der Waals surface area contributed by atoms with Gasteiger partial charge in [0, 0.05) is 12.8 Å². The number of rotatable bonds is 7. The smallest absolute Gasteiger partial charge is 0.405 e. The van der Waals surface area contributed by atoms with Gasteiger partial charge in [-0.1, -0.05) is 6.07 Å². The van der Waals surface area contributed by atoms with E-state index in [0.717, 1.165) is 5.56 Å². The Morgan fingerprint density at radius 3 is 2.52 bits per heavy atom. The summed E-state index contributed by atoms with van der Waals surface area (Å²) in [7, 11) is -2.97. The number of halogens is 4. The van der Waals surface area contributed by atoms with Crippen LogP contribution in [0.3, 0.4) is 0 Å². The monoisotopic (exact) mass is 389 g/mol. The molecule has 1 aromatic carbocycles. The van der Waals surface area contributed by atoms with Crippen LogP contribution < -0.4 is 10.1 Å². The molecule has 0 aliphatic carbocycles. The summed E-state index contributed by atoms with van der Waals surface area (Å²) in [5, 5.41) is 3.02. The third-order valence-electron chi connectivity index (χ3n) is 2.42. The Hall–Kier alpha value is -0.800. The first-order valence-corrected chi connectivity index (χ1v) is 8.85. The molecule has 9 heteroatoms. The first kappa shape index (κ1) is 18.2. The van der Waals surface area contributed by atoms with Crippen molar-refractivity contribution in [3.63, 3.8) is 0 Å². The van der Waals surface area contributed by atoms with E-state index in [0.29, 0.717) is 19.5 Å². The molecule has 0 atom stereocenters. The Kier molecular flexibility index (Phi) is 6.48. The van der Waals surface area contributed by atoms with E-state index < -0.39 is 16.2 Å². The van der Waals surface area contributed by atoms with Crippen molar-refractivity contribution < 1.29 is 26.3 Å². The largest absolute Gasteiger partial charge is 0.573 e. The third kappa shape index (κ3) is 8.27. The highest BCUT2D eigenvalue weighted by atomic mass is 79.9. The van der Waals surface area contributed by atoms with Crippen molar-refractivity contribution in [3.05, 3.63) is 28.2 Å². The minimum atomic E-state index is -4.73. The number of hydrogen-bond donors (Lipinski definition) is 1. The van der Waals surface area contributed by atoms with Crippen LogP contribution in [0.2, 0.25) is 0 Å². The highest BCUT2D eigenvalue weighted by molar-refractivity contribution is 9.10. The van der Waals surface area contributed by atoms with E-state index in [1.165, 1.54) is 24.5 Å². The van der Waals surface area contributed by atoms with Gasteiger partial charge in [-0.05, 0) is 46.6 Å². The summed E-state index contributed by atoms with van der Waals surface area (Å²) in [6.07, 6.45) is -3.08. The Balaban J connectivity index is 2.45. The molecule has 0 fully saturated rings. The van der Waals surface area contributed by atoms with Crippen molar-refractivity contribution in [1.29, 1.82) is 0 Å². The van der Waals surface area contributed by atoms with Gasteiger partial charge < -0.3 is 10.1 Å². The summed E-state index contributed by atoms with van der Waals surface area (Å²) in [6, 6.07) is 4.26. The molecule has 0 bridgehead atoms. The quantitative estimate of drug-likeness (QED) is 0.728. The molecule has 1 rings (SSSR count). The zero-order valence-corrected chi connectivity index (χ0v) is 13.6. The van der Waals surface area contributed by atoms with Crippen molar-refractivity contribution >= 4 is 25.8 Å². The lowest BCUT2D eigenvalue weighted by Crippen LogP contribution is -2.19. The average molecular weight is 390 g/mol. The number of alkyl halides is 3. The SMILES string of the molecule is CS(=O)(=O)CCCNCc1ccc(OC(F)(F)F)c(Br)c1. The molecule has 0 saturated heterocycles. The minimum Gasteiger partial charge on any atom is -0.405 e. The van der Waals surface area contributed by atoms with Gasteiger partial charge in [-0.25, -0.2) is 8.42 Å². The van der Waals surface area contributed by atoms with Gasteiger partial charge in [0.1, 0.15) is 15.6 Å². The van der Waals surface area contributed by atoms with Crippen LogP contribution in [0.4, 0.5) is 13.2 Å². The lowest BCUT2D eigenvalue weighted by atomic mass is 10.2. The fraction of sp³-hybridized carbons (Fsp3) is 0.500. The maximum absolute atomic E-state index is 12.1. The van der Waals surface area contributed by atoms with Gasteiger partial charge in [0.2, 0.25) is 0 Å². The molecular formula is C12H15BrF3NO3S. The molecule has 0 spiro atoms. The maximum Gasteiger partial charge on any atom is 0.573 e. The maximum atomic E-state index is 12.1. The molecule has 0 aliphatic heterocycles. The van der Waals surface area contributed by atoms with Gasteiger partial charge in [-0.3, -0.25) is 0 Å². The summed E-state index contributed by atoms with van der Waals surface area (Å²) in [6.45, 7) is 0.931. The van der Waals surface area contributed by atoms with E-state index in [-0.39, 0.29) is 16.0 Å². The molecule has 1 aromatic rings. The van der Waals surface area contributed by atoms with Crippen LogP contribution in [0.15, 0.2) is 22.7 Å². The second kappa shape index (κ2) is 7.46. The number of sulfone groups is 1. The van der Waals surface area contributed by atoms with E-state index in [4.69, 9.17) is 0 Å². The molecule has 21 heavy (non-hydrogen) atoms. The average Bonchev–Trinajstić information content (AvgIpc) is 2.29. The fourth-order valence-electron chi connectivity index (χ4n) is 1.55. The summed E-state index contributed by atoms with van der Waals surface area (Å²) in [5.41, 5.74) is 0.760. The van der Waals surface area contributed by atoms with Crippen LogP contribution in [0.5, 0.6) is 5.75 Å². The van der Waals surface area contributed by atoms with Crippen molar-refractivity contribution in [3.8, 4) is 5.75 Å². The second-order valence-corrected chi connectivity index (χ2v) is 7.59. The zero-order valence-electron chi connectivity index (χ0n) is 11.2. The van der Waals surface area contributed by atoms with Gasteiger partial charge >= 0.3 is 6.36 Å². The van der Waals surface area contributed by atoms with Crippen molar-refractivity contribution in [2.45, 2.75) is 19.3 Å². The Labute approximate surface area is 129 Å². The molecule has 1 N–H and O–H groups in total. The fourth-order valence-corrected chi connectivity index (χ4v) is 2.73. The number of benzene rings is 1. The van der Waals surface area contributed by atoms with Gasteiger partial charge in [0.15, 0.2) is 0 Å². The summed E-state index contributed by atoms with van der Waals surface area (Å²) in [4.78, 5) is 0. The molecule has 0 saturated carbocycles. The lowest BCUT2D eigenvalue weighted by molar-refractivity contribution is -0.274. The van der Waals surface area contributed by atoms with Crippen LogP contribution in [0.25, 0.3) is 0 Å². The standard InChI is InChI=1S/C12H15BrF3NO3S/c1-21(18,19)6-2-5-17-8-9-3-4-11(10(13)7-9)20-12(14,15)16/h3-4,7,17H,2,5-6,8H2,1H3.